The van der Waals surface area contributed by atoms with E-state index < -0.39 is 24.6 Å². The van der Waals surface area contributed by atoms with E-state index in [1.165, 1.54) is 16.2 Å². The summed E-state index contributed by atoms with van der Waals surface area (Å²) in [6.45, 7) is -1.01. The van der Waals surface area contributed by atoms with E-state index in [0.717, 1.165) is 17.7 Å². The summed E-state index contributed by atoms with van der Waals surface area (Å²) in [4.78, 5) is 17.4. The van der Waals surface area contributed by atoms with Crippen molar-refractivity contribution in [2.24, 2.45) is 0 Å². The lowest BCUT2D eigenvalue weighted by molar-refractivity contribution is -0.138. The van der Waals surface area contributed by atoms with Gasteiger partial charge in [-0.15, -0.1) is 11.3 Å². The van der Waals surface area contributed by atoms with E-state index in [1.807, 2.05) is 0 Å². The molecule has 8 heteroatoms. The van der Waals surface area contributed by atoms with Crippen molar-refractivity contribution >= 4 is 22.4 Å². The monoisotopic (exact) mass is 306 g/mol. The number of alkyl halides is 3. The van der Waals surface area contributed by atoms with Crippen LogP contribution in [0.3, 0.4) is 0 Å². The fourth-order valence-corrected chi connectivity index (χ4v) is 3.72. The van der Waals surface area contributed by atoms with Gasteiger partial charge in [0.25, 0.3) is 0 Å². The number of fused-ring (bicyclic) bond motifs is 1. The van der Waals surface area contributed by atoms with Crippen LogP contribution in [0.2, 0.25) is 0 Å². The molecule has 3 rings (SSSR count). The summed E-state index contributed by atoms with van der Waals surface area (Å²) in [5.74, 6) is -1.61. The molecule has 4 nitrogen and oxygen atoms in total. The summed E-state index contributed by atoms with van der Waals surface area (Å²) in [7, 11) is 0. The molecule has 2 aliphatic rings. The molecule has 0 bridgehead atoms. The Balaban J connectivity index is 1.86. The highest BCUT2D eigenvalue weighted by Crippen LogP contribution is 2.43. The minimum Gasteiger partial charge on any atom is -0.481 e. The molecule has 1 unspecified atom stereocenters. The van der Waals surface area contributed by atoms with Crippen LogP contribution in [-0.2, 0) is 11.2 Å². The van der Waals surface area contributed by atoms with Gasteiger partial charge in [-0.05, 0) is 25.7 Å². The van der Waals surface area contributed by atoms with E-state index in [4.69, 9.17) is 5.11 Å². The highest BCUT2D eigenvalue weighted by atomic mass is 32.1. The Kier molecular flexibility index (Phi) is 3.15. The smallest absolute Gasteiger partial charge is 0.406 e. The number of nitrogens with zero attached hydrogens (tertiary/aromatic N) is 2. The molecule has 1 fully saturated rings. The van der Waals surface area contributed by atoms with Crippen molar-refractivity contribution in [3.05, 3.63) is 10.6 Å². The fraction of sp³-hybridized carbons (Fsp3) is 0.667. The van der Waals surface area contributed by atoms with Crippen LogP contribution in [0, 0.1) is 0 Å². The van der Waals surface area contributed by atoms with E-state index in [1.54, 1.807) is 0 Å². The van der Waals surface area contributed by atoms with E-state index in [-0.39, 0.29) is 6.04 Å². The van der Waals surface area contributed by atoms with Crippen LogP contribution in [-0.4, -0.2) is 34.8 Å². The molecule has 20 heavy (non-hydrogen) atoms. The van der Waals surface area contributed by atoms with Crippen LogP contribution in [0.15, 0.2) is 0 Å². The first kappa shape index (κ1) is 13.7. The van der Waals surface area contributed by atoms with Crippen molar-refractivity contribution in [3.63, 3.8) is 0 Å². The third-order valence-electron chi connectivity index (χ3n) is 3.59. The van der Waals surface area contributed by atoms with Gasteiger partial charge in [0.15, 0.2) is 5.13 Å². The van der Waals surface area contributed by atoms with Gasteiger partial charge in [0.1, 0.15) is 12.5 Å². The Morgan fingerprint density at radius 3 is 2.65 bits per heavy atom. The van der Waals surface area contributed by atoms with Crippen molar-refractivity contribution in [1.82, 2.24) is 4.98 Å². The van der Waals surface area contributed by atoms with Crippen LogP contribution >= 0.6 is 11.3 Å². The topological polar surface area (TPSA) is 53.4 Å². The van der Waals surface area contributed by atoms with E-state index in [0.29, 0.717) is 23.7 Å². The average molecular weight is 306 g/mol. The lowest BCUT2D eigenvalue weighted by atomic mass is 10.1. The average Bonchev–Trinajstić information content (AvgIpc) is 2.94. The molecule has 0 aromatic carbocycles. The molecule has 0 saturated heterocycles. The first-order valence-corrected chi connectivity index (χ1v) is 7.22. The van der Waals surface area contributed by atoms with Crippen LogP contribution in [0.5, 0.6) is 0 Å². The number of hydrogen-bond donors (Lipinski definition) is 1. The number of carboxylic acid groups (broad SMARTS) is 1. The van der Waals surface area contributed by atoms with Gasteiger partial charge < -0.3 is 10.0 Å². The summed E-state index contributed by atoms with van der Waals surface area (Å²) in [5, 5.41) is 9.41. The summed E-state index contributed by atoms with van der Waals surface area (Å²) in [6, 6.07) is -0.105. The second kappa shape index (κ2) is 4.61. The third-order valence-corrected chi connectivity index (χ3v) is 4.76. The molecule has 1 heterocycles. The number of aliphatic carboxylic acids is 1. The van der Waals surface area contributed by atoms with Gasteiger partial charge in [-0.25, -0.2) is 4.98 Å². The number of hydrogen-bond acceptors (Lipinski definition) is 4. The molecule has 1 saturated carbocycles. The second-order valence-corrected chi connectivity index (χ2v) is 6.27. The highest BCUT2D eigenvalue weighted by molar-refractivity contribution is 7.15. The van der Waals surface area contributed by atoms with Gasteiger partial charge >= 0.3 is 12.1 Å². The largest absolute Gasteiger partial charge is 0.481 e. The highest BCUT2D eigenvalue weighted by Gasteiger charge is 2.41. The molecule has 0 amide bonds. The quantitative estimate of drug-likeness (QED) is 0.929. The van der Waals surface area contributed by atoms with E-state index >= 15 is 0 Å². The number of carboxylic acids is 1. The predicted octanol–water partition coefficient (Wildman–Crippen LogP) is 2.79. The number of anilines is 1. The van der Waals surface area contributed by atoms with Crippen molar-refractivity contribution in [2.75, 3.05) is 11.4 Å². The molecule has 0 radical (unpaired) electrons. The number of aromatic nitrogens is 1. The Labute approximate surface area is 117 Å². The Morgan fingerprint density at radius 2 is 2.10 bits per heavy atom. The third kappa shape index (κ3) is 2.61. The molecule has 110 valence electrons. The number of aryl methyl sites for hydroxylation is 1. The minimum atomic E-state index is -4.27. The van der Waals surface area contributed by atoms with Crippen molar-refractivity contribution in [3.8, 4) is 0 Å². The summed E-state index contributed by atoms with van der Waals surface area (Å²) in [6.07, 6.45) is -1.71. The zero-order valence-electron chi connectivity index (χ0n) is 10.5. The van der Waals surface area contributed by atoms with Gasteiger partial charge in [0, 0.05) is 10.9 Å². The van der Waals surface area contributed by atoms with Gasteiger partial charge in [-0.2, -0.15) is 13.2 Å². The lowest BCUT2D eigenvalue weighted by Gasteiger charge is -2.23. The zero-order chi connectivity index (χ0) is 14.5. The number of carbonyl (C=O) groups is 1. The summed E-state index contributed by atoms with van der Waals surface area (Å²) < 4.78 is 37.9. The van der Waals surface area contributed by atoms with Gasteiger partial charge in [0.05, 0.1) is 5.69 Å². The number of rotatable bonds is 4. The maximum absolute atomic E-state index is 12.6. The molecule has 1 aromatic heterocycles. The molecule has 1 N–H and O–H groups in total. The Hall–Kier alpha value is -1.31. The first-order valence-electron chi connectivity index (χ1n) is 6.41. The minimum absolute atomic E-state index is 0.105. The van der Waals surface area contributed by atoms with Crippen molar-refractivity contribution in [1.29, 1.82) is 0 Å². The van der Waals surface area contributed by atoms with Crippen LogP contribution < -0.4 is 4.90 Å². The Morgan fingerprint density at radius 1 is 1.40 bits per heavy atom. The molecule has 1 atom stereocenters. The van der Waals surface area contributed by atoms with Crippen molar-refractivity contribution in [2.45, 2.75) is 43.8 Å². The zero-order valence-corrected chi connectivity index (χ0v) is 11.3. The van der Waals surface area contributed by atoms with Crippen LogP contribution in [0.1, 0.15) is 35.8 Å². The van der Waals surface area contributed by atoms with E-state index in [2.05, 4.69) is 4.98 Å². The molecule has 0 aliphatic heterocycles. The van der Waals surface area contributed by atoms with Gasteiger partial charge in [-0.3, -0.25) is 4.79 Å². The maximum atomic E-state index is 12.6. The van der Waals surface area contributed by atoms with Crippen molar-refractivity contribution < 1.29 is 23.1 Å². The molecule has 1 aromatic rings. The maximum Gasteiger partial charge on any atom is 0.406 e. The second-order valence-electron chi connectivity index (χ2n) is 5.21. The number of halogens is 3. The number of thiazole rings is 1. The molecular weight excluding hydrogens is 293 g/mol. The molecule has 0 spiro atoms. The predicted molar refractivity (Wildman–Crippen MR) is 67.2 cm³/mol. The normalized spacial score (nSPS) is 21.9. The van der Waals surface area contributed by atoms with Crippen LogP contribution in [0.4, 0.5) is 18.3 Å². The molecular formula is C12H13F3N2O2S. The van der Waals surface area contributed by atoms with Gasteiger partial charge in [-0.1, -0.05) is 0 Å². The summed E-state index contributed by atoms with van der Waals surface area (Å²) >= 11 is 1.21. The van der Waals surface area contributed by atoms with Crippen LogP contribution in [0.25, 0.3) is 0 Å². The van der Waals surface area contributed by atoms with E-state index in [9.17, 15) is 18.0 Å². The standard InChI is InChI=1S/C12H13F3N2O2S/c13-12(14,15)5-17(6-1-2-6)11-16-9-7(10(18)19)3-4-8(9)20-11/h6-7H,1-5H2,(H,18,19). The fourth-order valence-electron chi connectivity index (χ4n) is 2.51. The Bertz CT molecular complexity index is 539. The summed E-state index contributed by atoms with van der Waals surface area (Å²) in [5.41, 5.74) is 0.463. The first-order chi connectivity index (χ1) is 9.35. The SMILES string of the molecule is O=C(O)C1CCc2sc(N(CC(F)(F)F)C3CC3)nc21. The lowest BCUT2D eigenvalue weighted by Crippen LogP contribution is -2.36. The van der Waals surface area contributed by atoms with Gasteiger partial charge in [0.2, 0.25) is 0 Å². The molecule has 2 aliphatic carbocycles.